The van der Waals surface area contributed by atoms with Gasteiger partial charge in [0.1, 0.15) is 4.34 Å². The number of hydrogen-bond acceptors (Lipinski definition) is 6. The van der Waals surface area contributed by atoms with Crippen molar-refractivity contribution < 1.29 is 17.9 Å². The van der Waals surface area contributed by atoms with Crippen LogP contribution in [0.5, 0.6) is 0 Å². The highest BCUT2D eigenvalue weighted by Gasteiger charge is 2.30. The Morgan fingerprint density at radius 3 is 2.52 bits per heavy atom. The number of rotatable bonds is 6. The molecule has 1 amide bonds. The molecule has 1 aliphatic heterocycles. The van der Waals surface area contributed by atoms with Crippen LogP contribution in [0.2, 0.25) is 4.34 Å². The van der Waals surface area contributed by atoms with E-state index >= 15 is 0 Å². The zero-order chi connectivity index (χ0) is 19.4. The maximum atomic E-state index is 12.9. The summed E-state index contributed by atoms with van der Waals surface area (Å²) in [5, 5.41) is 3.31. The molecule has 1 aromatic heterocycles. The van der Waals surface area contributed by atoms with Crippen LogP contribution in [0, 0.1) is 11.8 Å². The molecule has 0 spiro atoms. The molecule has 1 aliphatic rings. The highest BCUT2D eigenvalue weighted by Crippen LogP contribution is 2.30. The van der Waals surface area contributed by atoms with E-state index in [4.69, 9.17) is 27.0 Å². The summed E-state index contributed by atoms with van der Waals surface area (Å²) in [7, 11) is 1.59. The van der Waals surface area contributed by atoms with Crippen molar-refractivity contribution in [1.29, 1.82) is 0 Å². The zero-order valence-corrected chi connectivity index (χ0v) is 17.4. The second-order valence-corrected chi connectivity index (χ2v) is 10.5. The van der Waals surface area contributed by atoms with Crippen molar-refractivity contribution in [2.75, 3.05) is 18.5 Å². The number of thiazole rings is 1. The first kappa shape index (κ1) is 20.5. The molecule has 0 radical (unpaired) electrons. The van der Waals surface area contributed by atoms with Crippen LogP contribution in [0.1, 0.15) is 18.4 Å². The summed E-state index contributed by atoms with van der Waals surface area (Å²) in [5.74, 6) is -0.234. The van der Waals surface area contributed by atoms with Crippen molar-refractivity contribution in [3.63, 3.8) is 0 Å². The third-order valence-electron chi connectivity index (χ3n) is 4.54. The van der Waals surface area contributed by atoms with E-state index in [0.717, 1.165) is 18.4 Å². The van der Waals surface area contributed by atoms with Gasteiger partial charge >= 0.3 is 0 Å². The van der Waals surface area contributed by atoms with Crippen LogP contribution in [0.25, 0.3) is 0 Å². The lowest BCUT2D eigenvalue weighted by molar-refractivity contribution is -0.122. The lowest BCUT2D eigenvalue weighted by Gasteiger charge is -2.29. The maximum Gasteiger partial charge on any atom is 0.261 e. The number of nitrogens with one attached hydrogen (secondary N) is 1. The van der Waals surface area contributed by atoms with Crippen molar-refractivity contribution in [2.45, 2.75) is 24.2 Å². The predicted molar refractivity (Wildman–Crippen MR) is 106 cm³/mol. The molecule has 1 saturated heterocycles. The van der Waals surface area contributed by atoms with Gasteiger partial charge in [0.05, 0.1) is 11.1 Å². The Morgan fingerprint density at radius 1 is 1.30 bits per heavy atom. The molecule has 27 heavy (non-hydrogen) atoms. The molecule has 1 atom stereocenters. The molecule has 2 heterocycles. The average Bonchev–Trinajstić information content (AvgIpc) is 3.04. The van der Waals surface area contributed by atoms with Gasteiger partial charge in [-0.15, -0.1) is 0 Å². The molecule has 6 nitrogen and oxygen atoms in total. The quantitative estimate of drug-likeness (QED) is 0.676. The van der Waals surface area contributed by atoms with Gasteiger partial charge in [-0.25, -0.2) is 13.4 Å². The number of anilines is 1. The summed E-state index contributed by atoms with van der Waals surface area (Å²) >= 11 is 7.09. The number of halogens is 2. The van der Waals surface area contributed by atoms with E-state index in [1.165, 1.54) is 29.7 Å². The number of ether oxygens (including phenoxy) is 1. The fourth-order valence-corrected chi connectivity index (χ4v) is 4.73. The highest BCUT2D eigenvalue weighted by molar-refractivity contribution is 8.13. The number of amides is 1. The number of nitrogens with zero attached hydrogens (tertiary/aromatic N) is 1. The van der Waals surface area contributed by atoms with Crippen molar-refractivity contribution in [2.24, 2.45) is 11.8 Å². The standard InChI is InChI=1S/C17H18Cl2N2O4S2/c18-15-10-20-17(26-15)21-16(22)14(12-5-7-25-8-6-12)9-11-1-3-13(4-2-11)27(19,23)24/h1-4,10,12,14H,5-9H2,(H,20,21,22). The molecule has 0 bridgehead atoms. The zero-order valence-electron chi connectivity index (χ0n) is 14.2. The van der Waals surface area contributed by atoms with E-state index < -0.39 is 9.05 Å². The maximum absolute atomic E-state index is 12.9. The van der Waals surface area contributed by atoms with Gasteiger partial charge < -0.3 is 10.1 Å². The van der Waals surface area contributed by atoms with Crippen molar-refractivity contribution in [3.8, 4) is 0 Å². The first-order valence-electron chi connectivity index (χ1n) is 8.36. The molecule has 1 fully saturated rings. The minimum Gasteiger partial charge on any atom is -0.381 e. The third kappa shape index (κ3) is 5.65. The molecule has 1 unspecified atom stereocenters. The monoisotopic (exact) mass is 448 g/mol. The van der Waals surface area contributed by atoms with Crippen LogP contribution in [-0.2, 0) is 25.0 Å². The fourth-order valence-electron chi connectivity index (χ4n) is 3.14. The van der Waals surface area contributed by atoms with Gasteiger partial charge in [0.2, 0.25) is 5.91 Å². The summed E-state index contributed by atoms with van der Waals surface area (Å²) in [6, 6.07) is 6.29. The summed E-state index contributed by atoms with van der Waals surface area (Å²) in [5.41, 5.74) is 0.864. The fraction of sp³-hybridized carbons (Fsp3) is 0.412. The summed E-state index contributed by atoms with van der Waals surface area (Å²) in [4.78, 5) is 17.0. The number of carbonyl (C=O) groups is 1. The van der Waals surface area contributed by atoms with Crippen LogP contribution in [-0.4, -0.2) is 32.5 Å². The molecular weight excluding hydrogens is 431 g/mol. The minimum absolute atomic E-state index is 0.0393. The van der Waals surface area contributed by atoms with Gasteiger partial charge in [0, 0.05) is 29.8 Å². The van der Waals surface area contributed by atoms with Crippen LogP contribution in [0.4, 0.5) is 5.13 Å². The van der Waals surface area contributed by atoms with E-state index in [9.17, 15) is 13.2 Å². The topological polar surface area (TPSA) is 85.4 Å². The van der Waals surface area contributed by atoms with E-state index in [2.05, 4.69) is 10.3 Å². The Morgan fingerprint density at radius 2 is 1.96 bits per heavy atom. The first-order chi connectivity index (χ1) is 12.8. The summed E-state index contributed by atoms with van der Waals surface area (Å²) in [6.07, 6.45) is 3.57. The molecule has 1 aromatic carbocycles. The van der Waals surface area contributed by atoms with Crippen LogP contribution in [0.3, 0.4) is 0 Å². The number of carbonyl (C=O) groups excluding carboxylic acids is 1. The lowest BCUT2D eigenvalue weighted by Crippen LogP contribution is -2.34. The highest BCUT2D eigenvalue weighted by atomic mass is 35.7. The van der Waals surface area contributed by atoms with E-state index in [0.29, 0.717) is 29.1 Å². The molecule has 1 N–H and O–H groups in total. The summed E-state index contributed by atoms with van der Waals surface area (Å²) in [6.45, 7) is 1.25. The molecule has 0 saturated carbocycles. The second-order valence-electron chi connectivity index (χ2n) is 6.30. The normalized spacial score (nSPS) is 16.8. The van der Waals surface area contributed by atoms with E-state index in [1.54, 1.807) is 12.1 Å². The first-order valence-corrected chi connectivity index (χ1v) is 11.9. The Bertz CT molecular complexity index is 894. The van der Waals surface area contributed by atoms with E-state index in [-0.39, 0.29) is 22.6 Å². The predicted octanol–water partition coefficient (Wildman–Crippen LogP) is 3.95. The largest absolute Gasteiger partial charge is 0.381 e. The third-order valence-corrected chi connectivity index (χ3v) is 6.94. The molecular formula is C17H18Cl2N2O4S2. The Labute approximate surface area is 171 Å². The van der Waals surface area contributed by atoms with Gasteiger partial charge in [-0.2, -0.15) is 0 Å². The van der Waals surface area contributed by atoms with Crippen LogP contribution >= 0.6 is 33.6 Å². The van der Waals surface area contributed by atoms with Gasteiger partial charge in [0.15, 0.2) is 5.13 Å². The number of aromatic nitrogens is 1. The van der Waals surface area contributed by atoms with Gasteiger partial charge in [-0.1, -0.05) is 35.1 Å². The smallest absolute Gasteiger partial charge is 0.261 e. The minimum atomic E-state index is -3.77. The molecule has 2 aromatic rings. The number of benzene rings is 1. The SMILES string of the molecule is O=C(Nc1ncc(Cl)s1)C(Cc1ccc(S(=O)(=O)Cl)cc1)C1CCOCC1. The van der Waals surface area contributed by atoms with Gasteiger partial charge in [0.25, 0.3) is 9.05 Å². The molecule has 146 valence electrons. The Kier molecular flexibility index (Phi) is 6.75. The van der Waals surface area contributed by atoms with Crippen molar-refractivity contribution in [1.82, 2.24) is 4.98 Å². The molecule has 3 rings (SSSR count). The van der Waals surface area contributed by atoms with E-state index in [1.807, 2.05) is 0 Å². The van der Waals surface area contributed by atoms with Crippen molar-refractivity contribution >= 4 is 53.7 Å². The van der Waals surface area contributed by atoms with Gasteiger partial charge in [-0.3, -0.25) is 4.79 Å². The number of hydrogen-bond donors (Lipinski definition) is 1. The summed E-state index contributed by atoms with van der Waals surface area (Å²) < 4.78 is 28.7. The van der Waals surface area contributed by atoms with Crippen LogP contribution in [0.15, 0.2) is 35.4 Å². The molecule has 0 aliphatic carbocycles. The van der Waals surface area contributed by atoms with Crippen molar-refractivity contribution in [3.05, 3.63) is 40.4 Å². The average molecular weight is 449 g/mol. The lowest BCUT2D eigenvalue weighted by atomic mass is 9.81. The Balaban J connectivity index is 1.77. The van der Waals surface area contributed by atoms with Gasteiger partial charge in [-0.05, 0) is 42.9 Å². The second kappa shape index (κ2) is 8.87. The molecule has 10 heteroatoms. The Hall–Kier alpha value is -1.19. The van der Waals surface area contributed by atoms with Crippen LogP contribution < -0.4 is 5.32 Å².